The van der Waals surface area contributed by atoms with E-state index in [1.165, 1.54) is 4.88 Å². The number of anilines is 2. The number of aryl methyl sites for hydroxylation is 2. The molecule has 0 aliphatic heterocycles. The van der Waals surface area contributed by atoms with Crippen molar-refractivity contribution >= 4 is 51.2 Å². The maximum absolute atomic E-state index is 13.1. The van der Waals surface area contributed by atoms with Gasteiger partial charge >= 0.3 is 0 Å². The molecular formula is C24H31N5O2S2. The molecule has 1 atom stereocenters. The SMILES string of the molecule is CCCCNC(=O)c1c(NC(=O)C2CC2)sc2c1CC(NC(=S)Nc1cncc(C)c1)CC2. The number of rotatable bonds is 8. The van der Waals surface area contributed by atoms with Crippen LogP contribution in [0.15, 0.2) is 18.5 Å². The second-order valence-electron chi connectivity index (χ2n) is 8.87. The highest BCUT2D eigenvalue weighted by Crippen LogP contribution is 2.40. The Kier molecular flexibility index (Phi) is 7.60. The molecule has 9 heteroatoms. The summed E-state index contributed by atoms with van der Waals surface area (Å²) in [6, 6.07) is 2.10. The molecule has 2 aromatic heterocycles. The summed E-state index contributed by atoms with van der Waals surface area (Å²) in [6.45, 7) is 4.72. The fourth-order valence-corrected chi connectivity index (χ4v) is 5.57. The predicted octanol–water partition coefficient (Wildman–Crippen LogP) is 4.17. The van der Waals surface area contributed by atoms with Crippen LogP contribution in [0, 0.1) is 12.8 Å². The van der Waals surface area contributed by atoms with Gasteiger partial charge in [0.15, 0.2) is 5.11 Å². The molecule has 7 nitrogen and oxygen atoms in total. The lowest BCUT2D eigenvalue weighted by Gasteiger charge is -2.25. The zero-order valence-electron chi connectivity index (χ0n) is 19.1. The van der Waals surface area contributed by atoms with Crippen molar-refractivity contribution in [2.45, 2.75) is 64.8 Å². The van der Waals surface area contributed by atoms with Gasteiger partial charge in [-0.05, 0) is 74.9 Å². The first-order chi connectivity index (χ1) is 15.9. The van der Waals surface area contributed by atoms with Crippen LogP contribution in [0.2, 0.25) is 0 Å². The smallest absolute Gasteiger partial charge is 0.254 e. The van der Waals surface area contributed by atoms with Crippen LogP contribution in [-0.4, -0.2) is 34.5 Å². The molecule has 2 aliphatic rings. The molecule has 0 bridgehead atoms. The van der Waals surface area contributed by atoms with Gasteiger partial charge in [0.05, 0.1) is 17.4 Å². The molecule has 0 saturated heterocycles. The molecule has 2 heterocycles. The molecule has 4 N–H and O–H groups in total. The van der Waals surface area contributed by atoms with Gasteiger partial charge in [-0.25, -0.2) is 0 Å². The number of pyridine rings is 1. The Morgan fingerprint density at radius 3 is 2.76 bits per heavy atom. The third-order valence-corrected chi connectivity index (χ3v) is 7.38. The number of aromatic nitrogens is 1. The van der Waals surface area contributed by atoms with Gasteiger partial charge in [0.2, 0.25) is 5.91 Å². The zero-order valence-corrected chi connectivity index (χ0v) is 20.8. The molecule has 0 radical (unpaired) electrons. The number of nitrogens with one attached hydrogen (secondary N) is 4. The first-order valence-corrected chi connectivity index (χ1v) is 12.9. The van der Waals surface area contributed by atoms with Gasteiger partial charge in [0, 0.05) is 29.6 Å². The Hall–Kier alpha value is -2.52. The Labute approximate surface area is 204 Å². The van der Waals surface area contributed by atoms with E-state index in [1.807, 2.05) is 13.0 Å². The highest BCUT2D eigenvalue weighted by Gasteiger charge is 2.34. The van der Waals surface area contributed by atoms with E-state index in [2.05, 4.69) is 33.2 Å². The van der Waals surface area contributed by atoms with Gasteiger partial charge in [-0.15, -0.1) is 11.3 Å². The molecule has 2 amide bonds. The second-order valence-corrected chi connectivity index (χ2v) is 10.4. The number of nitrogens with zero attached hydrogens (tertiary/aromatic N) is 1. The number of amides is 2. The first kappa shape index (κ1) is 23.6. The molecule has 176 valence electrons. The molecule has 2 aliphatic carbocycles. The average molecular weight is 486 g/mol. The number of carbonyl (C=O) groups excluding carboxylic acids is 2. The van der Waals surface area contributed by atoms with Gasteiger partial charge in [-0.1, -0.05) is 13.3 Å². The van der Waals surface area contributed by atoms with E-state index >= 15 is 0 Å². The van der Waals surface area contributed by atoms with Crippen LogP contribution in [-0.2, 0) is 17.6 Å². The van der Waals surface area contributed by atoms with E-state index in [0.29, 0.717) is 28.6 Å². The number of hydrogen-bond acceptors (Lipinski definition) is 5. The van der Waals surface area contributed by atoms with Crippen molar-refractivity contribution in [1.29, 1.82) is 0 Å². The monoisotopic (exact) mass is 485 g/mol. The van der Waals surface area contributed by atoms with Gasteiger partial charge < -0.3 is 21.3 Å². The summed E-state index contributed by atoms with van der Waals surface area (Å²) < 4.78 is 0. The summed E-state index contributed by atoms with van der Waals surface area (Å²) in [5, 5.41) is 13.9. The Morgan fingerprint density at radius 2 is 2.03 bits per heavy atom. The van der Waals surface area contributed by atoms with Crippen LogP contribution in [0.1, 0.15) is 65.4 Å². The van der Waals surface area contributed by atoms with Crippen molar-refractivity contribution in [3.05, 3.63) is 40.0 Å². The van der Waals surface area contributed by atoms with Crippen LogP contribution in [0.25, 0.3) is 0 Å². The van der Waals surface area contributed by atoms with Crippen molar-refractivity contribution in [2.24, 2.45) is 5.92 Å². The van der Waals surface area contributed by atoms with E-state index < -0.39 is 0 Å². The van der Waals surface area contributed by atoms with Crippen LogP contribution in [0.5, 0.6) is 0 Å². The van der Waals surface area contributed by atoms with Crippen molar-refractivity contribution in [3.63, 3.8) is 0 Å². The van der Waals surface area contributed by atoms with Gasteiger partial charge in [0.25, 0.3) is 5.91 Å². The second kappa shape index (κ2) is 10.6. The molecule has 0 spiro atoms. The minimum Gasteiger partial charge on any atom is -0.359 e. The topological polar surface area (TPSA) is 95.2 Å². The summed E-state index contributed by atoms with van der Waals surface area (Å²) in [6.07, 6.45) is 9.80. The van der Waals surface area contributed by atoms with Gasteiger partial charge in [-0.3, -0.25) is 14.6 Å². The summed E-state index contributed by atoms with van der Waals surface area (Å²) in [4.78, 5) is 30.9. The molecule has 33 heavy (non-hydrogen) atoms. The normalized spacial score (nSPS) is 17.1. The Morgan fingerprint density at radius 1 is 1.21 bits per heavy atom. The van der Waals surface area contributed by atoms with Gasteiger partial charge in [-0.2, -0.15) is 0 Å². The fourth-order valence-electron chi connectivity index (χ4n) is 4.04. The number of thiocarbonyl (C=S) groups is 1. The first-order valence-electron chi connectivity index (χ1n) is 11.7. The third-order valence-electron chi connectivity index (χ3n) is 5.96. The van der Waals surface area contributed by atoms with E-state index in [-0.39, 0.29) is 23.8 Å². The lowest BCUT2D eigenvalue weighted by molar-refractivity contribution is -0.117. The number of unbranched alkanes of at least 4 members (excludes halogenated alkanes) is 1. The number of thiophene rings is 1. The Bertz CT molecular complexity index is 1050. The Balaban J connectivity index is 1.48. The highest BCUT2D eigenvalue weighted by atomic mass is 32.1. The van der Waals surface area contributed by atoms with E-state index in [0.717, 1.165) is 55.3 Å². The number of fused-ring (bicyclic) bond motifs is 1. The predicted molar refractivity (Wildman–Crippen MR) is 137 cm³/mol. The fraction of sp³-hybridized carbons (Fsp3) is 0.500. The summed E-state index contributed by atoms with van der Waals surface area (Å²) in [7, 11) is 0. The van der Waals surface area contributed by atoms with Crippen LogP contribution >= 0.6 is 23.6 Å². The largest absolute Gasteiger partial charge is 0.359 e. The molecule has 1 saturated carbocycles. The van der Waals surface area contributed by atoms with Crippen molar-refractivity contribution in [2.75, 3.05) is 17.2 Å². The molecule has 2 aromatic rings. The maximum atomic E-state index is 13.1. The minimum absolute atomic E-state index is 0.0306. The number of carbonyl (C=O) groups is 2. The highest BCUT2D eigenvalue weighted by molar-refractivity contribution is 7.80. The van der Waals surface area contributed by atoms with E-state index in [4.69, 9.17) is 12.2 Å². The lowest BCUT2D eigenvalue weighted by atomic mass is 9.91. The summed E-state index contributed by atoms with van der Waals surface area (Å²) in [5.74, 6) is 0.0244. The molecule has 4 rings (SSSR count). The summed E-state index contributed by atoms with van der Waals surface area (Å²) >= 11 is 7.08. The van der Waals surface area contributed by atoms with Crippen molar-refractivity contribution in [3.8, 4) is 0 Å². The molecule has 1 fully saturated rings. The molecule has 0 aromatic carbocycles. The zero-order chi connectivity index (χ0) is 23.4. The third kappa shape index (κ3) is 6.09. The van der Waals surface area contributed by atoms with E-state index in [1.54, 1.807) is 23.7 Å². The van der Waals surface area contributed by atoms with E-state index in [9.17, 15) is 9.59 Å². The average Bonchev–Trinajstić information content (AvgIpc) is 3.56. The van der Waals surface area contributed by atoms with Crippen LogP contribution < -0.4 is 21.3 Å². The quantitative estimate of drug-likeness (QED) is 0.331. The maximum Gasteiger partial charge on any atom is 0.254 e. The van der Waals surface area contributed by atoms with Crippen LogP contribution in [0.4, 0.5) is 10.7 Å². The standard InChI is InChI=1S/C24H31N5O2S2/c1-3-4-9-26-22(31)20-18-11-16(27-24(32)28-17-10-14(2)12-25-13-17)7-8-19(18)33-23(20)29-21(30)15-5-6-15/h10,12-13,15-16H,3-9,11H2,1-2H3,(H,26,31)(H,29,30)(H2,27,28,32). The van der Waals surface area contributed by atoms with Gasteiger partial charge in [0.1, 0.15) is 5.00 Å². The van der Waals surface area contributed by atoms with Crippen molar-refractivity contribution < 1.29 is 9.59 Å². The van der Waals surface area contributed by atoms with Crippen molar-refractivity contribution in [1.82, 2.24) is 15.6 Å². The molecular weight excluding hydrogens is 454 g/mol. The van der Waals surface area contributed by atoms with Crippen LogP contribution in [0.3, 0.4) is 0 Å². The molecule has 1 unspecified atom stereocenters. The lowest BCUT2D eigenvalue weighted by Crippen LogP contribution is -2.41. The number of hydrogen-bond donors (Lipinski definition) is 4. The minimum atomic E-state index is -0.0979. The summed E-state index contributed by atoms with van der Waals surface area (Å²) in [5.41, 5.74) is 3.57.